The van der Waals surface area contributed by atoms with E-state index in [1.54, 1.807) is 42.6 Å². The van der Waals surface area contributed by atoms with Gasteiger partial charge in [-0.15, -0.1) is 0 Å². The maximum absolute atomic E-state index is 12.7. The van der Waals surface area contributed by atoms with Crippen molar-refractivity contribution in [3.05, 3.63) is 89.3 Å². The van der Waals surface area contributed by atoms with Crippen LogP contribution in [0.25, 0.3) is 0 Å². The molecule has 8 nitrogen and oxygen atoms in total. The maximum Gasteiger partial charge on any atom is 0.259 e. The smallest absolute Gasteiger partial charge is 0.259 e. The van der Waals surface area contributed by atoms with Gasteiger partial charge < -0.3 is 20.7 Å². The van der Waals surface area contributed by atoms with E-state index < -0.39 is 0 Å². The number of rotatable bonds is 7. The number of pyridine rings is 1. The molecular formula is C24H21ClN6O2. The van der Waals surface area contributed by atoms with Crippen molar-refractivity contribution in [2.45, 2.75) is 6.92 Å². The molecule has 0 fully saturated rings. The summed E-state index contributed by atoms with van der Waals surface area (Å²) < 4.78 is 5.25. The zero-order valence-corrected chi connectivity index (χ0v) is 18.7. The highest BCUT2D eigenvalue weighted by atomic mass is 35.5. The minimum absolute atomic E-state index is 0.313. The fraction of sp³-hybridized carbons (Fsp3) is 0.0833. The second kappa shape index (κ2) is 9.97. The Morgan fingerprint density at radius 2 is 1.61 bits per heavy atom. The van der Waals surface area contributed by atoms with Crippen LogP contribution in [0.4, 0.5) is 28.8 Å². The first-order valence-corrected chi connectivity index (χ1v) is 10.4. The second-order valence-corrected chi connectivity index (χ2v) is 7.46. The van der Waals surface area contributed by atoms with Crippen molar-refractivity contribution in [3.8, 4) is 5.75 Å². The number of carbonyl (C=O) groups excluding carboxylic acids is 1. The predicted octanol–water partition coefficient (Wildman–Crippen LogP) is 5.58. The topological polar surface area (TPSA) is 101 Å². The Labute approximate surface area is 196 Å². The third kappa shape index (κ3) is 5.75. The Hall–Kier alpha value is -4.17. The zero-order valence-electron chi connectivity index (χ0n) is 18.0. The first-order chi connectivity index (χ1) is 16.0. The number of anilines is 5. The van der Waals surface area contributed by atoms with E-state index in [4.69, 9.17) is 16.3 Å². The largest absolute Gasteiger partial charge is 0.496 e. The number of ether oxygens (including phenoxy) is 1. The van der Waals surface area contributed by atoms with Gasteiger partial charge >= 0.3 is 0 Å². The molecule has 0 saturated carbocycles. The highest BCUT2D eigenvalue weighted by molar-refractivity contribution is 6.31. The summed E-state index contributed by atoms with van der Waals surface area (Å²) in [7, 11) is 1.51. The Balaban J connectivity index is 1.45. The minimum Gasteiger partial charge on any atom is -0.496 e. The van der Waals surface area contributed by atoms with Crippen LogP contribution in [0.3, 0.4) is 0 Å². The highest BCUT2D eigenvalue weighted by Gasteiger charge is 2.13. The normalized spacial score (nSPS) is 10.4. The highest BCUT2D eigenvalue weighted by Crippen LogP contribution is 2.25. The summed E-state index contributed by atoms with van der Waals surface area (Å²) in [5.74, 6) is 2.69. The molecule has 3 N–H and O–H groups in total. The minimum atomic E-state index is -0.313. The molecule has 0 aliphatic heterocycles. The van der Waals surface area contributed by atoms with Crippen molar-refractivity contribution >= 4 is 46.3 Å². The Morgan fingerprint density at radius 1 is 0.879 bits per heavy atom. The van der Waals surface area contributed by atoms with E-state index in [1.165, 1.54) is 7.11 Å². The van der Waals surface area contributed by atoms with Gasteiger partial charge in [0, 0.05) is 28.7 Å². The SMILES string of the molecule is COc1ccc(Cl)cc1C(=O)Nc1ccc(Nc2cc(Nc3ccccn3)nc(C)n2)cc1. The molecule has 2 aromatic heterocycles. The van der Waals surface area contributed by atoms with Crippen LogP contribution >= 0.6 is 11.6 Å². The quantitative estimate of drug-likeness (QED) is 0.331. The van der Waals surface area contributed by atoms with Crippen molar-refractivity contribution in [2.75, 3.05) is 23.1 Å². The van der Waals surface area contributed by atoms with Crippen molar-refractivity contribution in [3.63, 3.8) is 0 Å². The van der Waals surface area contributed by atoms with Gasteiger partial charge in [-0.05, 0) is 61.5 Å². The second-order valence-electron chi connectivity index (χ2n) is 7.03. The van der Waals surface area contributed by atoms with Crippen molar-refractivity contribution in [2.24, 2.45) is 0 Å². The van der Waals surface area contributed by atoms with Gasteiger partial charge in [0.05, 0.1) is 12.7 Å². The number of nitrogens with one attached hydrogen (secondary N) is 3. The lowest BCUT2D eigenvalue weighted by Gasteiger charge is -2.12. The molecule has 33 heavy (non-hydrogen) atoms. The van der Waals surface area contributed by atoms with Crippen molar-refractivity contribution in [1.29, 1.82) is 0 Å². The molecule has 0 spiro atoms. The summed E-state index contributed by atoms with van der Waals surface area (Å²) in [4.78, 5) is 25.7. The first kappa shape index (κ1) is 22.0. The molecule has 4 aromatic rings. The summed E-state index contributed by atoms with van der Waals surface area (Å²) in [5.41, 5.74) is 1.79. The number of hydrogen-bond donors (Lipinski definition) is 3. The number of carbonyl (C=O) groups is 1. The summed E-state index contributed by atoms with van der Waals surface area (Å²) in [6.45, 7) is 1.82. The Bertz CT molecular complexity index is 1270. The average molecular weight is 461 g/mol. The van der Waals surface area contributed by atoms with Gasteiger partial charge in [-0.3, -0.25) is 4.79 Å². The molecule has 2 aromatic carbocycles. The van der Waals surface area contributed by atoms with Gasteiger partial charge in [0.25, 0.3) is 5.91 Å². The number of halogens is 1. The molecule has 0 aliphatic rings. The van der Waals surface area contributed by atoms with Gasteiger partial charge in [-0.1, -0.05) is 17.7 Å². The third-order valence-corrected chi connectivity index (χ3v) is 4.82. The van der Waals surface area contributed by atoms with Crippen LogP contribution < -0.4 is 20.7 Å². The number of hydrogen-bond acceptors (Lipinski definition) is 7. The first-order valence-electron chi connectivity index (χ1n) is 10.1. The molecule has 0 radical (unpaired) electrons. The third-order valence-electron chi connectivity index (χ3n) is 4.58. The predicted molar refractivity (Wildman–Crippen MR) is 130 cm³/mol. The number of aryl methyl sites for hydroxylation is 1. The molecule has 166 valence electrons. The molecule has 0 bridgehead atoms. The van der Waals surface area contributed by atoms with E-state index in [2.05, 4.69) is 30.9 Å². The van der Waals surface area contributed by atoms with Gasteiger partial charge in [0.1, 0.15) is 29.0 Å². The number of nitrogens with zero attached hydrogens (tertiary/aromatic N) is 3. The lowest BCUT2D eigenvalue weighted by molar-refractivity contribution is 0.102. The lowest BCUT2D eigenvalue weighted by Crippen LogP contribution is -2.13. The van der Waals surface area contributed by atoms with Crippen LogP contribution in [-0.4, -0.2) is 28.0 Å². The van der Waals surface area contributed by atoms with Gasteiger partial charge in [-0.2, -0.15) is 0 Å². The molecule has 9 heteroatoms. The van der Waals surface area contributed by atoms with Crippen LogP contribution in [0.1, 0.15) is 16.2 Å². The van der Waals surface area contributed by atoms with E-state index in [1.807, 2.05) is 37.3 Å². The average Bonchev–Trinajstić information content (AvgIpc) is 2.80. The van der Waals surface area contributed by atoms with Crippen molar-refractivity contribution < 1.29 is 9.53 Å². The van der Waals surface area contributed by atoms with E-state index in [9.17, 15) is 4.79 Å². The zero-order chi connectivity index (χ0) is 23.2. The molecule has 0 atom stereocenters. The number of benzene rings is 2. The van der Waals surface area contributed by atoms with E-state index in [0.717, 1.165) is 5.69 Å². The molecule has 4 rings (SSSR count). The lowest BCUT2D eigenvalue weighted by atomic mass is 10.1. The number of aromatic nitrogens is 3. The summed E-state index contributed by atoms with van der Waals surface area (Å²) in [6.07, 6.45) is 1.71. The standard InChI is InChI=1S/C24H21ClN6O2/c1-15-27-22(14-23(28-15)31-21-5-3-4-12-26-21)29-17-7-9-18(10-8-17)30-24(32)19-13-16(25)6-11-20(19)33-2/h3-14H,1-2H3,(H,30,32)(H2,26,27,28,29,31). The fourth-order valence-electron chi connectivity index (χ4n) is 3.10. The van der Waals surface area contributed by atoms with E-state index >= 15 is 0 Å². The fourth-order valence-corrected chi connectivity index (χ4v) is 3.28. The summed E-state index contributed by atoms with van der Waals surface area (Å²) in [6, 6.07) is 19.6. The molecule has 1 amide bonds. The van der Waals surface area contributed by atoms with Crippen LogP contribution in [-0.2, 0) is 0 Å². The van der Waals surface area contributed by atoms with Crippen LogP contribution in [0.5, 0.6) is 5.75 Å². The van der Waals surface area contributed by atoms with Crippen LogP contribution in [0.15, 0.2) is 72.9 Å². The van der Waals surface area contributed by atoms with Crippen LogP contribution in [0, 0.1) is 6.92 Å². The van der Waals surface area contributed by atoms with Gasteiger partial charge in [0.15, 0.2) is 0 Å². The summed E-state index contributed by atoms with van der Waals surface area (Å²) in [5, 5.41) is 9.71. The molecule has 0 unspecified atom stereocenters. The Morgan fingerprint density at radius 3 is 2.30 bits per heavy atom. The van der Waals surface area contributed by atoms with E-state index in [-0.39, 0.29) is 5.91 Å². The molecule has 0 aliphatic carbocycles. The Kier molecular flexibility index (Phi) is 6.66. The monoisotopic (exact) mass is 460 g/mol. The van der Waals surface area contributed by atoms with Gasteiger partial charge in [-0.25, -0.2) is 15.0 Å². The maximum atomic E-state index is 12.7. The van der Waals surface area contributed by atoms with Gasteiger partial charge in [0.2, 0.25) is 0 Å². The summed E-state index contributed by atoms with van der Waals surface area (Å²) >= 11 is 6.02. The molecule has 0 saturated heterocycles. The van der Waals surface area contributed by atoms with Crippen molar-refractivity contribution in [1.82, 2.24) is 15.0 Å². The molecular weight excluding hydrogens is 440 g/mol. The number of amides is 1. The number of methoxy groups -OCH3 is 1. The van der Waals surface area contributed by atoms with E-state index in [0.29, 0.717) is 45.3 Å². The molecule has 2 heterocycles. The van der Waals surface area contributed by atoms with Crippen LogP contribution in [0.2, 0.25) is 5.02 Å².